The Kier molecular flexibility index (Phi) is 2.57. The summed E-state index contributed by atoms with van der Waals surface area (Å²) in [5.74, 6) is -3.24. The quantitative estimate of drug-likeness (QED) is 0.785. The summed E-state index contributed by atoms with van der Waals surface area (Å²) in [6.45, 7) is 0.0689. The highest BCUT2D eigenvalue weighted by molar-refractivity contribution is 9.10. The van der Waals surface area contributed by atoms with Crippen LogP contribution in [0, 0.1) is 5.82 Å². The lowest BCUT2D eigenvalue weighted by molar-refractivity contribution is -0.0905. The minimum Gasteiger partial charge on any atom is -0.360 e. The molecule has 1 aliphatic heterocycles. The van der Waals surface area contributed by atoms with Gasteiger partial charge in [0.25, 0.3) is 5.92 Å². The molecule has 21 heavy (non-hydrogen) atoms. The zero-order chi connectivity index (χ0) is 14.8. The molecule has 1 atom stereocenters. The van der Waals surface area contributed by atoms with E-state index < -0.39 is 17.3 Å². The molecule has 2 aliphatic rings. The molecular formula is C13H9BrF3N3O. The number of hydrogen-bond acceptors (Lipinski definition) is 3. The Hall–Kier alpha value is -1.41. The van der Waals surface area contributed by atoms with Crippen LogP contribution in [0.15, 0.2) is 22.8 Å². The second-order valence-corrected chi connectivity index (χ2v) is 6.09. The van der Waals surface area contributed by atoms with Gasteiger partial charge in [-0.15, -0.1) is 0 Å². The molecule has 1 unspecified atom stereocenters. The topological polar surface area (TPSA) is 39.9 Å². The molecule has 2 aromatic heterocycles. The second-order valence-electron chi connectivity index (χ2n) is 5.29. The van der Waals surface area contributed by atoms with Crippen LogP contribution in [0.5, 0.6) is 0 Å². The smallest absolute Gasteiger partial charge is 0.281 e. The second kappa shape index (κ2) is 4.07. The van der Waals surface area contributed by atoms with E-state index in [0.717, 1.165) is 6.20 Å². The van der Waals surface area contributed by atoms with E-state index in [1.807, 2.05) is 0 Å². The largest absolute Gasteiger partial charge is 0.360 e. The van der Waals surface area contributed by atoms with Gasteiger partial charge < -0.3 is 4.74 Å². The van der Waals surface area contributed by atoms with Crippen molar-refractivity contribution in [3.63, 3.8) is 0 Å². The first-order valence-corrected chi connectivity index (χ1v) is 7.10. The molecule has 0 radical (unpaired) electrons. The summed E-state index contributed by atoms with van der Waals surface area (Å²) < 4.78 is 47.2. The van der Waals surface area contributed by atoms with Gasteiger partial charge in [-0.25, -0.2) is 13.2 Å². The predicted molar refractivity (Wildman–Crippen MR) is 70.2 cm³/mol. The molecule has 4 nitrogen and oxygen atoms in total. The molecule has 110 valence electrons. The Morgan fingerprint density at radius 2 is 2.10 bits per heavy atom. The van der Waals surface area contributed by atoms with Gasteiger partial charge in [-0.2, -0.15) is 5.10 Å². The zero-order valence-electron chi connectivity index (χ0n) is 10.6. The summed E-state index contributed by atoms with van der Waals surface area (Å²) in [7, 11) is 0. The highest BCUT2D eigenvalue weighted by Gasteiger charge is 2.74. The van der Waals surface area contributed by atoms with Gasteiger partial charge >= 0.3 is 0 Å². The molecule has 0 N–H and O–H groups in total. The fourth-order valence-electron chi connectivity index (χ4n) is 2.56. The van der Waals surface area contributed by atoms with Crippen LogP contribution >= 0.6 is 15.9 Å². The average Bonchev–Trinajstić information content (AvgIpc) is 2.80. The Labute approximate surface area is 126 Å². The maximum absolute atomic E-state index is 13.4. The van der Waals surface area contributed by atoms with Crippen LogP contribution < -0.4 is 0 Å². The summed E-state index contributed by atoms with van der Waals surface area (Å²) >= 11 is 3.39. The molecule has 0 amide bonds. The molecule has 1 fully saturated rings. The maximum Gasteiger partial charge on any atom is 0.281 e. The third-order valence-corrected chi connectivity index (χ3v) is 4.74. The van der Waals surface area contributed by atoms with Gasteiger partial charge in [0.2, 0.25) is 0 Å². The lowest BCUT2D eigenvalue weighted by Gasteiger charge is -2.24. The van der Waals surface area contributed by atoms with Crippen molar-refractivity contribution in [3.8, 4) is 11.4 Å². The van der Waals surface area contributed by atoms with Crippen molar-refractivity contribution in [3.05, 3.63) is 34.3 Å². The van der Waals surface area contributed by atoms with Crippen LogP contribution in [0.25, 0.3) is 11.4 Å². The minimum atomic E-state index is -2.79. The Morgan fingerprint density at radius 3 is 2.71 bits per heavy atom. The molecule has 4 rings (SSSR count). The number of nitrogens with zero attached hydrogens (tertiary/aromatic N) is 3. The monoisotopic (exact) mass is 359 g/mol. The number of hydrogen-bond donors (Lipinski definition) is 0. The van der Waals surface area contributed by atoms with E-state index in [1.165, 1.54) is 16.8 Å². The van der Waals surface area contributed by atoms with Gasteiger partial charge in [0.15, 0.2) is 5.60 Å². The summed E-state index contributed by atoms with van der Waals surface area (Å²) in [5.41, 5.74) is 0.236. The Bertz CT molecular complexity index is 731. The lowest BCUT2D eigenvalue weighted by atomic mass is 10.2. The van der Waals surface area contributed by atoms with Crippen molar-refractivity contribution in [1.82, 2.24) is 14.8 Å². The van der Waals surface area contributed by atoms with Crippen molar-refractivity contribution in [2.24, 2.45) is 0 Å². The van der Waals surface area contributed by atoms with Gasteiger partial charge in [-0.1, -0.05) is 0 Å². The van der Waals surface area contributed by atoms with Crippen molar-refractivity contribution >= 4 is 15.9 Å². The molecule has 0 saturated heterocycles. The van der Waals surface area contributed by atoms with E-state index in [2.05, 4.69) is 26.0 Å². The van der Waals surface area contributed by atoms with Crippen LogP contribution in [0.3, 0.4) is 0 Å². The molecule has 1 spiro atoms. The van der Waals surface area contributed by atoms with E-state index in [4.69, 9.17) is 4.74 Å². The number of pyridine rings is 1. The molecule has 0 bridgehead atoms. The number of aromatic nitrogens is 3. The molecule has 1 aliphatic carbocycles. The van der Waals surface area contributed by atoms with Crippen molar-refractivity contribution in [2.75, 3.05) is 0 Å². The van der Waals surface area contributed by atoms with Crippen LogP contribution in [0.4, 0.5) is 13.2 Å². The molecule has 2 aromatic rings. The van der Waals surface area contributed by atoms with Gasteiger partial charge in [0.1, 0.15) is 11.5 Å². The summed E-state index contributed by atoms with van der Waals surface area (Å²) in [4.78, 5) is 3.96. The third-order valence-electron chi connectivity index (χ3n) is 3.90. The van der Waals surface area contributed by atoms with Crippen molar-refractivity contribution in [2.45, 2.75) is 31.1 Å². The highest BCUT2D eigenvalue weighted by Crippen LogP contribution is 2.58. The summed E-state index contributed by atoms with van der Waals surface area (Å²) in [6.07, 6.45) is 0.814. The number of halogens is 4. The number of alkyl halides is 2. The van der Waals surface area contributed by atoms with Crippen LogP contribution in [-0.4, -0.2) is 26.3 Å². The summed E-state index contributed by atoms with van der Waals surface area (Å²) in [6, 6.07) is 2.77. The molecule has 0 aromatic carbocycles. The lowest BCUT2D eigenvalue weighted by Crippen LogP contribution is -2.34. The van der Waals surface area contributed by atoms with Gasteiger partial charge in [-0.3, -0.25) is 9.67 Å². The predicted octanol–water partition coefficient (Wildman–Crippen LogP) is 3.15. The zero-order valence-corrected chi connectivity index (χ0v) is 12.2. The molecular weight excluding hydrogens is 351 g/mol. The van der Waals surface area contributed by atoms with Gasteiger partial charge in [-0.05, 0) is 28.1 Å². The number of rotatable bonds is 1. The molecule has 3 heterocycles. The van der Waals surface area contributed by atoms with E-state index in [1.54, 1.807) is 0 Å². The molecule has 1 saturated carbocycles. The summed E-state index contributed by atoms with van der Waals surface area (Å²) in [5, 5.41) is 4.32. The Balaban J connectivity index is 1.74. The fourth-order valence-corrected chi connectivity index (χ4v) is 3.16. The fraction of sp³-hybridized carbons (Fsp3) is 0.385. The molecule has 8 heteroatoms. The van der Waals surface area contributed by atoms with E-state index in [-0.39, 0.29) is 19.6 Å². The van der Waals surface area contributed by atoms with Crippen molar-refractivity contribution in [1.29, 1.82) is 0 Å². The standard InChI is InChI=1S/C13H9BrF3N3O/c14-10-9-4-21-12(5-13(12,16)17)6-20(9)19-11(10)8-2-1-7(15)3-18-8/h1-3H,4-6H2. The van der Waals surface area contributed by atoms with Gasteiger partial charge in [0.05, 0.1) is 41.6 Å². The number of ether oxygens (including phenoxy) is 1. The van der Waals surface area contributed by atoms with Crippen LogP contribution in [-0.2, 0) is 17.9 Å². The first-order chi connectivity index (χ1) is 9.92. The Morgan fingerprint density at radius 1 is 1.33 bits per heavy atom. The highest BCUT2D eigenvalue weighted by atomic mass is 79.9. The third kappa shape index (κ3) is 1.85. The SMILES string of the molecule is Fc1ccc(-c2nn3c(c2Br)COC2(C3)CC2(F)F)nc1. The first kappa shape index (κ1) is 13.3. The van der Waals surface area contributed by atoms with E-state index in [0.29, 0.717) is 21.6 Å². The van der Waals surface area contributed by atoms with Crippen molar-refractivity contribution < 1.29 is 17.9 Å². The minimum absolute atomic E-state index is 0.00906. The normalized spacial score (nSPS) is 25.9. The van der Waals surface area contributed by atoms with E-state index >= 15 is 0 Å². The van der Waals surface area contributed by atoms with Gasteiger partial charge in [0, 0.05) is 0 Å². The first-order valence-electron chi connectivity index (χ1n) is 6.31. The maximum atomic E-state index is 13.4. The van der Waals surface area contributed by atoms with Crippen LogP contribution in [0.2, 0.25) is 0 Å². The average molecular weight is 360 g/mol. The van der Waals surface area contributed by atoms with E-state index in [9.17, 15) is 13.2 Å². The number of fused-ring (bicyclic) bond motifs is 1. The van der Waals surface area contributed by atoms with Crippen LogP contribution in [0.1, 0.15) is 12.1 Å².